The predicted molar refractivity (Wildman–Crippen MR) is 94.7 cm³/mol. The van der Waals surface area contributed by atoms with Gasteiger partial charge in [-0.05, 0) is 30.3 Å². The third kappa shape index (κ3) is 2.55. The molecule has 3 heterocycles. The van der Waals surface area contributed by atoms with Crippen LogP contribution in [-0.4, -0.2) is 20.1 Å². The van der Waals surface area contributed by atoms with Gasteiger partial charge in [-0.25, -0.2) is 4.79 Å². The van der Waals surface area contributed by atoms with Crippen LogP contribution in [0.2, 0.25) is 5.02 Å². The molecule has 0 fully saturated rings. The van der Waals surface area contributed by atoms with Crippen LogP contribution < -0.4 is 4.80 Å². The number of amides is 1. The third-order valence-electron chi connectivity index (χ3n) is 3.56. The van der Waals surface area contributed by atoms with E-state index in [9.17, 15) is 4.79 Å². The van der Waals surface area contributed by atoms with Crippen molar-refractivity contribution in [3.05, 3.63) is 76.3 Å². The fourth-order valence-electron chi connectivity index (χ4n) is 2.45. The minimum atomic E-state index is -0.374. The molecule has 0 aliphatic heterocycles. The van der Waals surface area contributed by atoms with Crippen LogP contribution in [-0.2, 0) is 0 Å². The average molecular weight is 355 g/mol. The molecule has 0 aliphatic carbocycles. The number of aromatic nitrogens is 3. The molecule has 0 spiro atoms. The fraction of sp³-hybridized carbons (Fsp3) is 0. The molecule has 3 aromatic heterocycles. The van der Waals surface area contributed by atoms with Crippen LogP contribution in [0.25, 0.3) is 16.7 Å². The lowest BCUT2D eigenvalue weighted by Crippen LogP contribution is -2.17. The molecule has 24 heavy (non-hydrogen) atoms. The molecule has 4 aromatic rings. The second-order valence-corrected chi connectivity index (χ2v) is 6.28. The van der Waals surface area contributed by atoms with E-state index in [1.165, 1.54) is 15.9 Å². The van der Waals surface area contributed by atoms with Crippen LogP contribution in [0.1, 0.15) is 0 Å². The highest BCUT2D eigenvalue weighted by Gasteiger charge is 2.10. The molecule has 118 valence electrons. The Morgan fingerprint density at radius 3 is 2.88 bits per heavy atom. The van der Waals surface area contributed by atoms with E-state index in [4.69, 9.17) is 11.6 Å². The fourth-order valence-corrected chi connectivity index (χ4v) is 3.39. The topological polar surface area (TPSA) is 52.2 Å². The van der Waals surface area contributed by atoms with E-state index < -0.39 is 0 Å². The number of carbonyl (C=O) groups is 1. The minimum Gasteiger partial charge on any atom is -0.291 e. The molecule has 1 aromatic carbocycles. The number of para-hydroxylation sites is 1. The Balaban J connectivity index is 1.81. The second-order valence-electron chi connectivity index (χ2n) is 4.99. The molecule has 0 bridgehead atoms. The second kappa shape index (κ2) is 6.07. The summed E-state index contributed by atoms with van der Waals surface area (Å²) in [5.41, 5.74) is 2.27. The average Bonchev–Trinajstić information content (AvgIpc) is 3.22. The highest BCUT2D eigenvalue weighted by atomic mass is 35.5. The smallest absolute Gasteiger partial charge is 0.291 e. The van der Waals surface area contributed by atoms with Crippen molar-refractivity contribution >= 4 is 40.0 Å². The molecule has 0 aliphatic rings. The maximum Gasteiger partial charge on any atom is 0.354 e. The first kappa shape index (κ1) is 14.9. The number of rotatable bonds is 1. The summed E-state index contributed by atoms with van der Waals surface area (Å²) in [5, 5.41) is 2.46. The summed E-state index contributed by atoms with van der Waals surface area (Å²) in [4.78, 5) is 21.6. The molecule has 1 amide bonds. The molecule has 0 atom stereocenters. The predicted octanol–water partition coefficient (Wildman–Crippen LogP) is 4.11. The van der Waals surface area contributed by atoms with Crippen molar-refractivity contribution in [2.75, 3.05) is 0 Å². The van der Waals surface area contributed by atoms with Crippen LogP contribution in [0.5, 0.6) is 0 Å². The first-order valence-electron chi connectivity index (χ1n) is 7.16. The van der Waals surface area contributed by atoms with Crippen LogP contribution >= 0.6 is 22.9 Å². The molecule has 0 radical (unpaired) electrons. The van der Waals surface area contributed by atoms with Crippen molar-refractivity contribution in [1.82, 2.24) is 14.1 Å². The monoisotopic (exact) mass is 354 g/mol. The quantitative estimate of drug-likeness (QED) is 0.516. The Hall–Kier alpha value is -2.70. The highest BCUT2D eigenvalue weighted by Crippen LogP contribution is 2.18. The summed E-state index contributed by atoms with van der Waals surface area (Å²) < 4.78 is 3.29. The Kier molecular flexibility index (Phi) is 3.76. The molecule has 0 unspecified atom stereocenters. The molecule has 0 saturated carbocycles. The van der Waals surface area contributed by atoms with E-state index in [1.807, 2.05) is 35.8 Å². The lowest BCUT2D eigenvalue weighted by atomic mass is 10.3. The van der Waals surface area contributed by atoms with Crippen LogP contribution in [0.4, 0.5) is 4.79 Å². The Morgan fingerprint density at radius 2 is 2.00 bits per heavy atom. The van der Waals surface area contributed by atoms with Crippen molar-refractivity contribution in [2.24, 2.45) is 4.99 Å². The van der Waals surface area contributed by atoms with Gasteiger partial charge >= 0.3 is 6.03 Å². The summed E-state index contributed by atoms with van der Waals surface area (Å²) in [7, 11) is 0. The number of hydrogen-bond acceptors (Lipinski definition) is 3. The molecule has 4 rings (SSSR count). The number of halogens is 1. The summed E-state index contributed by atoms with van der Waals surface area (Å²) in [6.45, 7) is 0. The van der Waals surface area contributed by atoms with Crippen molar-refractivity contribution in [1.29, 1.82) is 0 Å². The van der Waals surface area contributed by atoms with E-state index >= 15 is 0 Å². The van der Waals surface area contributed by atoms with Gasteiger partial charge in [0, 0.05) is 24.0 Å². The Bertz CT molecular complexity index is 1110. The zero-order valence-corrected chi connectivity index (χ0v) is 13.9. The van der Waals surface area contributed by atoms with E-state index in [0.29, 0.717) is 9.82 Å². The standard InChI is InChI=1S/C17H11ClN4OS/c18-12-4-1-2-5-14(12)22-10-11-24-17(22)20-16(23)21-9-7-13-15(21)6-3-8-19-13/h1-11H/b20-17-. The van der Waals surface area contributed by atoms with E-state index in [-0.39, 0.29) is 6.03 Å². The molecular weight excluding hydrogens is 344 g/mol. The lowest BCUT2D eigenvalue weighted by Gasteiger charge is -2.05. The normalized spacial score (nSPS) is 12.0. The summed E-state index contributed by atoms with van der Waals surface area (Å²) in [6, 6.07) is 12.5. The lowest BCUT2D eigenvalue weighted by molar-refractivity contribution is 0.250. The van der Waals surface area contributed by atoms with Gasteiger partial charge in [0.1, 0.15) is 0 Å². The van der Waals surface area contributed by atoms with Crippen LogP contribution in [0.3, 0.4) is 0 Å². The van der Waals surface area contributed by atoms with Gasteiger partial charge in [0.25, 0.3) is 0 Å². The summed E-state index contributed by atoms with van der Waals surface area (Å²) in [6.07, 6.45) is 5.21. The van der Waals surface area contributed by atoms with Crippen molar-refractivity contribution < 1.29 is 4.79 Å². The first-order chi connectivity index (χ1) is 11.7. The number of nitrogens with zero attached hydrogens (tertiary/aromatic N) is 4. The van der Waals surface area contributed by atoms with E-state index in [2.05, 4.69) is 9.98 Å². The van der Waals surface area contributed by atoms with Gasteiger partial charge in [0.05, 0.1) is 21.7 Å². The first-order valence-corrected chi connectivity index (χ1v) is 8.42. The zero-order valence-electron chi connectivity index (χ0n) is 12.3. The maximum atomic E-state index is 12.6. The van der Waals surface area contributed by atoms with E-state index in [1.54, 1.807) is 35.2 Å². The number of carbonyl (C=O) groups excluding carboxylic acids is 1. The van der Waals surface area contributed by atoms with Gasteiger partial charge in [-0.3, -0.25) is 14.1 Å². The van der Waals surface area contributed by atoms with Gasteiger partial charge in [-0.1, -0.05) is 23.7 Å². The Labute approximate surface area is 146 Å². The van der Waals surface area contributed by atoms with Gasteiger partial charge in [0.2, 0.25) is 0 Å². The largest absolute Gasteiger partial charge is 0.354 e. The van der Waals surface area contributed by atoms with Crippen molar-refractivity contribution in [3.8, 4) is 5.69 Å². The number of hydrogen-bond donors (Lipinski definition) is 0. The van der Waals surface area contributed by atoms with Crippen LogP contribution in [0, 0.1) is 0 Å². The number of benzene rings is 1. The van der Waals surface area contributed by atoms with Gasteiger partial charge in [-0.2, -0.15) is 4.99 Å². The maximum absolute atomic E-state index is 12.6. The van der Waals surface area contributed by atoms with Gasteiger partial charge < -0.3 is 0 Å². The number of thiazole rings is 1. The van der Waals surface area contributed by atoms with Crippen LogP contribution in [0.15, 0.2) is 71.4 Å². The van der Waals surface area contributed by atoms with Gasteiger partial charge in [0.15, 0.2) is 4.80 Å². The molecule has 5 nitrogen and oxygen atoms in total. The highest BCUT2D eigenvalue weighted by molar-refractivity contribution is 7.07. The third-order valence-corrected chi connectivity index (χ3v) is 4.63. The SMILES string of the molecule is O=C(/N=c1\sccn1-c1ccccc1Cl)n1ccc2ncccc21. The summed E-state index contributed by atoms with van der Waals surface area (Å²) >= 11 is 7.62. The summed E-state index contributed by atoms with van der Waals surface area (Å²) in [5.74, 6) is 0. The zero-order chi connectivity index (χ0) is 16.5. The van der Waals surface area contributed by atoms with Gasteiger partial charge in [-0.15, -0.1) is 11.3 Å². The molecule has 0 N–H and O–H groups in total. The minimum absolute atomic E-state index is 0.374. The number of pyridine rings is 1. The van der Waals surface area contributed by atoms with Crippen molar-refractivity contribution in [3.63, 3.8) is 0 Å². The van der Waals surface area contributed by atoms with E-state index in [0.717, 1.165) is 16.7 Å². The van der Waals surface area contributed by atoms with Crippen molar-refractivity contribution in [2.45, 2.75) is 0 Å². The molecular formula is C17H11ClN4OS. The molecule has 0 saturated heterocycles. The molecule has 7 heteroatoms. The Morgan fingerprint density at radius 1 is 1.12 bits per heavy atom. The number of fused-ring (bicyclic) bond motifs is 1.